The number of aryl methyl sites for hydroxylation is 1. The van der Waals surface area contributed by atoms with Crippen molar-refractivity contribution in [1.29, 1.82) is 0 Å². The quantitative estimate of drug-likeness (QED) is 0.717. The molecule has 1 heterocycles. The number of thiazole rings is 1. The van der Waals surface area contributed by atoms with Gasteiger partial charge in [-0.25, -0.2) is 13.4 Å². The molecule has 1 rings (SSSR count). The third kappa shape index (κ3) is 4.01. The van der Waals surface area contributed by atoms with E-state index in [-0.39, 0.29) is 0 Å². The van der Waals surface area contributed by atoms with Crippen LogP contribution in [-0.2, 0) is 10.0 Å². The molecule has 0 amide bonds. The molecule has 0 unspecified atom stereocenters. The van der Waals surface area contributed by atoms with Crippen LogP contribution < -0.4 is 0 Å². The van der Waals surface area contributed by atoms with Crippen LogP contribution in [0.1, 0.15) is 24.8 Å². The Kier molecular flexibility index (Phi) is 6.05. The number of rotatable bonds is 7. The highest BCUT2D eigenvalue weighted by molar-refractivity contribution is 9.09. The monoisotopic (exact) mass is 340 g/mol. The molecular weight excluding hydrogens is 324 g/mol. The molecule has 0 aliphatic carbocycles. The molecule has 0 saturated carbocycles. The summed E-state index contributed by atoms with van der Waals surface area (Å²) in [6.07, 6.45) is 3.31. The maximum atomic E-state index is 12.3. The first-order chi connectivity index (χ1) is 8.02. The first-order valence-electron chi connectivity index (χ1n) is 5.51. The minimum Gasteiger partial charge on any atom is -0.249 e. The molecule has 4 nitrogen and oxygen atoms in total. The summed E-state index contributed by atoms with van der Waals surface area (Å²) in [5.74, 6) is 0. The van der Waals surface area contributed by atoms with Gasteiger partial charge in [-0.1, -0.05) is 29.3 Å². The standard InChI is InChI=1S/C10H17BrN2O2S2/c1-3-4-6-13(7-5-11)17(14,15)10-8-12-9(2)16-10/h8H,3-7H2,1-2H3. The smallest absolute Gasteiger partial charge is 0.249 e. The molecule has 98 valence electrons. The predicted molar refractivity (Wildman–Crippen MR) is 74.3 cm³/mol. The number of alkyl halides is 1. The number of halogens is 1. The first-order valence-corrected chi connectivity index (χ1v) is 8.88. The van der Waals surface area contributed by atoms with E-state index in [1.807, 2.05) is 6.92 Å². The number of sulfonamides is 1. The summed E-state index contributed by atoms with van der Waals surface area (Å²) in [5.41, 5.74) is 0. The minimum atomic E-state index is -3.36. The number of hydrogen-bond acceptors (Lipinski definition) is 4. The SMILES string of the molecule is CCCCN(CCBr)S(=O)(=O)c1cnc(C)s1. The number of aromatic nitrogens is 1. The van der Waals surface area contributed by atoms with Gasteiger partial charge in [-0.05, 0) is 13.3 Å². The third-order valence-electron chi connectivity index (χ3n) is 2.29. The van der Waals surface area contributed by atoms with Crippen molar-refractivity contribution in [2.24, 2.45) is 0 Å². The van der Waals surface area contributed by atoms with E-state index in [4.69, 9.17) is 0 Å². The van der Waals surface area contributed by atoms with Crippen LogP contribution in [0.2, 0.25) is 0 Å². The van der Waals surface area contributed by atoms with Gasteiger partial charge in [-0.3, -0.25) is 0 Å². The van der Waals surface area contributed by atoms with Crippen LogP contribution in [-0.4, -0.2) is 36.1 Å². The van der Waals surface area contributed by atoms with Crippen LogP contribution in [0.5, 0.6) is 0 Å². The summed E-state index contributed by atoms with van der Waals surface area (Å²) < 4.78 is 26.5. The van der Waals surface area contributed by atoms with Crippen molar-refractivity contribution >= 4 is 37.3 Å². The van der Waals surface area contributed by atoms with Gasteiger partial charge >= 0.3 is 0 Å². The van der Waals surface area contributed by atoms with Crippen LogP contribution in [0.3, 0.4) is 0 Å². The highest BCUT2D eigenvalue weighted by Gasteiger charge is 2.25. The Bertz CT molecular complexity index is 445. The Hall–Kier alpha value is 0.0200. The van der Waals surface area contributed by atoms with E-state index < -0.39 is 10.0 Å². The minimum absolute atomic E-state index is 0.340. The molecule has 0 aliphatic rings. The van der Waals surface area contributed by atoms with Crippen molar-refractivity contribution in [2.75, 3.05) is 18.4 Å². The van der Waals surface area contributed by atoms with E-state index in [1.165, 1.54) is 21.8 Å². The van der Waals surface area contributed by atoms with Crippen molar-refractivity contribution in [2.45, 2.75) is 30.9 Å². The molecule has 0 radical (unpaired) electrons. The summed E-state index contributed by atoms with van der Waals surface area (Å²) in [6.45, 7) is 4.93. The zero-order valence-corrected chi connectivity index (χ0v) is 13.2. The van der Waals surface area contributed by atoms with E-state index >= 15 is 0 Å². The lowest BCUT2D eigenvalue weighted by Crippen LogP contribution is -2.33. The Morgan fingerprint density at radius 1 is 1.47 bits per heavy atom. The maximum absolute atomic E-state index is 12.3. The van der Waals surface area contributed by atoms with Gasteiger partial charge < -0.3 is 0 Å². The predicted octanol–water partition coefficient (Wildman–Crippen LogP) is 2.64. The fourth-order valence-corrected chi connectivity index (χ4v) is 4.77. The topological polar surface area (TPSA) is 50.3 Å². The molecule has 0 atom stereocenters. The largest absolute Gasteiger partial charge is 0.254 e. The number of nitrogens with zero attached hydrogens (tertiary/aromatic N) is 2. The molecule has 0 saturated heterocycles. The molecule has 0 aliphatic heterocycles. The van der Waals surface area contributed by atoms with Gasteiger partial charge in [0, 0.05) is 18.4 Å². The molecule has 1 aromatic rings. The van der Waals surface area contributed by atoms with Gasteiger partial charge in [0.2, 0.25) is 0 Å². The van der Waals surface area contributed by atoms with Crippen molar-refractivity contribution < 1.29 is 8.42 Å². The zero-order valence-electron chi connectivity index (χ0n) is 10.0. The summed E-state index contributed by atoms with van der Waals surface area (Å²) >= 11 is 4.52. The zero-order chi connectivity index (χ0) is 12.9. The molecule has 0 spiro atoms. The van der Waals surface area contributed by atoms with Gasteiger partial charge in [-0.2, -0.15) is 4.31 Å². The molecule has 17 heavy (non-hydrogen) atoms. The van der Waals surface area contributed by atoms with Gasteiger partial charge in [0.25, 0.3) is 10.0 Å². The second-order valence-electron chi connectivity index (χ2n) is 3.64. The van der Waals surface area contributed by atoms with Crippen LogP contribution in [0.4, 0.5) is 0 Å². The van der Waals surface area contributed by atoms with E-state index in [1.54, 1.807) is 0 Å². The molecule has 0 bridgehead atoms. The maximum Gasteiger partial charge on any atom is 0.254 e. The second-order valence-corrected chi connectivity index (χ2v) is 7.84. The lowest BCUT2D eigenvalue weighted by molar-refractivity contribution is 0.423. The van der Waals surface area contributed by atoms with Gasteiger partial charge in [0.1, 0.15) is 0 Å². The van der Waals surface area contributed by atoms with Gasteiger partial charge in [-0.15, -0.1) is 11.3 Å². The molecule has 0 aromatic carbocycles. The molecule has 7 heteroatoms. The number of unbranched alkanes of at least 4 members (excludes halogenated alkanes) is 1. The van der Waals surface area contributed by atoms with E-state index in [2.05, 4.69) is 27.8 Å². The van der Waals surface area contributed by atoms with E-state index in [0.717, 1.165) is 17.8 Å². The summed E-state index contributed by atoms with van der Waals surface area (Å²) in [5, 5.41) is 1.42. The summed E-state index contributed by atoms with van der Waals surface area (Å²) in [7, 11) is -3.36. The lowest BCUT2D eigenvalue weighted by atomic mass is 10.3. The molecular formula is C10H17BrN2O2S2. The van der Waals surface area contributed by atoms with E-state index in [0.29, 0.717) is 22.6 Å². The van der Waals surface area contributed by atoms with Crippen molar-refractivity contribution in [3.05, 3.63) is 11.2 Å². The average molecular weight is 341 g/mol. The van der Waals surface area contributed by atoms with E-state index in [9.17, 15) is 8.42 Å². The normalized spacial score (nSPS) is 12.2. The lowest BCUT2D eigenvalue weighted by Gasteiger charge is -2.19. The Morgan fingerprint density at radius 3 is 2.65 bits per heavy atom. The average Bonchev–Trinajstić information content (AvgIpc) is 2.71. The van der Waals surface area contributed by atoms with Crippen molar-refractivity contribution in [3.63, 3.8) is 0 Å². The summed E-state index contributed by atoms with van der Waals surface area (Å²) in [4.78, 5) is 4.01. The first kappa shape index (κ1) is 15.1. The Balaban J connectivity index is 2.91. The molecule has 0 fully saturated rings. The van der Waals surface area contributed by atoms with Gasteiger partial charge in [0.15, 0.2) is 4.21 Å². The Morgan fingerprint density at radius 2 is 2.18 bits per heavy atom. The van der Waals surface area contributed by atoms with Crippen LogP contribution >= 0.6 is 27.3 Å². The summed E-state index contributed by atoms with van der Waals surface area (Å²) in [6, 6.07) is 0. The van der Waals surface area contributed by atoms with Crippen LogP contribution in [0.25, 0.3) is 0 Å². The Labute approximate surface area is 115 Å². The highest BCUT2D eigenvalue weighted by atomic mass is 79.9. The second kappa shape index (κ2) is 6.82. The molecule has 0 N–H and O–H groups in total. The van der Waals surface area contributed by atoms with Crippen LogP contribution in [0, 0.1) is 6.92 Å². The van der Waals surface area contributed by atoms with Crippen LogP contribution in [0.15, 0.2) is 10.4 Å². The fraction of sp³-hybridized carbons (Fsp3) is 0.700. The number of hydrogen-bond donors (Lipinski definition) is 0. The molecule has 1 aromatic heterocycles. The van der Waals surface area contributed by atoms with Gasteiger partial charge in [0.05, 0.1) is 11.2 Å². The highest BCUT2D eigenvalue weighted by Crippen LogP contribution is 2.22. The third-order valence-corrected chi connectivity index (χ3v) is 5.89. The van der Waals surface area contributed by atoms with Crippen molar-refractivity contribution in [1.82, 2.24) is 9.29 Å². The van der Waals surface area contributed by atoms with Crippen molar-refractivity contribution in [3.8, 4) is 0 Å². The fourth-order valence-electron chi connectivity index (χ4n) is 1.37.